The van der Waals surface area contributed by atoms with Gasteiger partial charge in [0, 0.05) is 17.8 Å². The van der Waals surface area contributed by atoms with Gasteiger partial charge < -0.3 is 0 Å². The highest BCUT2D eigenvalue weighted by Gasteiger charge is 2.72. The summed E-state index contributed by atoms with van der Waals surface area (Å²) in [6.45, 7) is 6.91. The van der Waals surface area contributed by atoms with E-state index in [-0.39, 0.29) is 24.2 Å². The molecule has 0 aromatic heterocycles. The quantitative estimate of drug-likeness (QED) is 0.659. The Balaban J connectivity index is 1.98. The summed E-state index contributed by atoms with van der Waals surface area (Å²) in [5.74, 6) is -2.48. The molecule has 1 amide bonds. The number of carbonyl (C=O) groups excluding carboxylic acids is 2. The number of amides is 1. The number of ketones is 1. The van der Waals surface area contributed by atoms with Crippen molar-refractivity contribution in [2.75, 3.05) is 4.90 Å². The van der Waals surface area contributed by atoms with Gasteiger partial charge in [0.25, 0.3) is 5.91 Å². The number of carbonyl (C=O) groups is 2. The maximum Gasteiger partial charge on any atom is 0.421 e. The van der Waals surface area contributed by atoms with Gasteiger partial charge >= 0.3 is 6.18 Å². The molecular formula is C25H25F3N2O4S. The lowest BCUT2D eigenvalue weighted by molar-refractivity contribution is -0.184. The number of hydrogen-bond donors (Lipinski definition) is 1. The molecular weight excluding hydrogens is 481 g/mol. The summed E-state index contributed by atoms with van der Waals surface area (Å²) in [7, 11) is -4.85. The zero-order valence-corrected chi connectivity index (χ0v) is 20.5. The molecule has 1 aliphatic heterocycles. The molecule has 35 heavy (non-hydrogen) atoms. The van der Waals surface area contributed by atoms with Gasteiger partial charge in [-0.2, -0.15) is 17.9 Å². The summed E-state index contributed by atoms with van der Waals surface area (Å²) < 4.78 is 72.7. The Morgan fingerprint density at radius 3 is 1.91 bits per heavy atom. The summed E-state index contributed by atoms with van der Waals surface area (Å²) in [5.41, 5.74) is -3.82. The maximum atomic E-state index is 14.9. The Bertz CT molecular complexity index is 1340. The van der Waals surface area contributed by atoms with E-state index < -0.39 is 49.3 Å². The van der Waals surface area contributed by atoms with Crippen LogP contribution in [-0.2, 0) is 19.6 Å². The van der Waals surface area contributed by atoms with Crippen molar-refractivity contribution in [1.82, 2.24) is 4.72 Å². The second-order valence-electron chi connectivity index (χ2n) is 9.91. The van der Waals surface area contributed by atoms with Crippen molar-refractivity contribution in [2.45, 2.75) is 57.1 Å². The molecule has 1 aliphatic carbocycles. The van der Waals surface area contributed by atoms with Gasteiger partial charge in [-0.05, 0) is 49.9 Å². The second-order valence-corrected chi connectivity index (χ2v) is 11.6. The predicted octanol–water partition coefficient (Wildman–Crippen LogP) is 4.57. The lowest BCUT2D eigenvalue weighted by Gasteiger charge is -2.35. The van der Waals surface area contributed by atoms with Crippen molar-refractivity contribution in [3.63, 3.8) is 0 Å². The fourth-order valence-corrected chi connectivity index (χ4v) is 5.98. The van der Waals surface area contributed by atoms with Crippen LogP contribution in [0.1, 0.15) is 37.8 Å². The van der Waals surface area contributed by atoms with Crippen molar-refractivity contribution in [1.29, 1.82) is 0 Å². The number of allylic oxidation sites excluding steroid dienone is 1. The number of aryl methyl sites for hydroxylation is 2. The molecule has 186 valence electrons. The zero-order valence-electron chi connectivity index (χ0n) is 19.7. The highest BCUT2D eigenvalue weighted by Crippen LogP contribution is 2.53. The second kappa shape index (κ2) is 8.03. The van der Waals surface area contributed by atoms with E-state index in [0.29, 0.717) is 5.56 Å². The number of benzene rings is 2. The van der Waals surface area contributed by atoms with Crippen LogP contribution in [0.5, 0.6) is 0 Å². The Kier molecular flexibility index (Phi) is 5.76. The number of Topliss-reactive ketones (excluding diaryl/α,β-unsaturated/α-hetero) is 1. The molecule has 4 rings (SSSR count). The van der Waals surface area contributed by atoms with Gasteiger partial charge in [0.2, 0.25) is 15.6 Å². The molecule has 10 heteroatoms. The third-order valence-corrected chi connectivity index (χ3v) is 7.83. The molecule has 0 saturated carbocycles. The zero-order chi connectivity index (χ0) is 26.0. The molecule has 0 spiro atoms. The average molecular weight is 507 g/mol. The first-order valence-electron chi connectivity index (χ1n) is 10.9. The number of halogens is 3. The summed E-state index contributed by atoms with van der Waals surface area (Å²) in [6, 6.07) is 11.4. The topological polar surface area (TPSA) is 83.6 Å². The maximum absolute atomic E-state index is 14.9. The van der Waals surface area contributed by atoms with Gasteiger partial charge in [0.15, 0.2) is 5.78 Å². The van der Waals surface area contributed by atoms with Gasteiger partial charge in [0.05, 0.1) is 10.5 Å². The molecule has 1 N–H and O–H groups in total. The van der Waals surface area contributed by atoms with Crippen LogP contribution in [0.2, 0.25) is 0 Å². The number of alkyl halides is 3. The smallest absolute Gasteiger partial charge is 0.294 e. The van der Waals surface area contributed by atoms with Gasteiger partial charge in [-0.25, -0.2) is 8.42 Å². The minimum atomic E-state index is -5.43. The van der Waals surface area contributed by atoms with Crippen LogP contribution >= 0.6 is 0 Å². The lowest BCUT2D eigenvalue weighted by Crippen LogP contribution is -2.66. The summed E-state index contributed by atoms with van der Waals surface area (Å²) in [4.78, 5) is 27.4. The molecule has 0 fully saturated rings. The normalized spacial score (nSPS) is 22.5. The Labute approximate surface area is 201 Å². The first-order chi connectivity index (χ1) is 16.1. The minimum Gasteiger partial charge on any atom is -0.294 e. The molecule has 0 radical (unpaired) electrons. The van der Waals surface area contributed by atoms with Gasteiger partial charge in [-0.1, -0.05) is 49.2 Å². The van der Waals surface area contributed by atoms with E-state index in [0.717, 1.165) is 22.6 Å². The van der Waals surface area contributed by atoms with Crippen LogP contribution < -0.4 is 9.62 Å². The van der Waals surface area contributed by atoms with Crippen LogP contribution in [0, 0.1) is 19.3 Å². The van der Waals surface area contributed by atoms with E-state index in [1.165, 1.54) is 24.3 Å². The number of anilines is 1. The Hall–Kier alpha value is -2.98. The van der Waals surface area contributed by atoms with E-state index in [2.05, 4.69) is 0 Å². The summed E-state index contributed by atoms with van der Waals surface area (Å²) in [5, 5.41) is 0. The largest absolute Gasteiger partial charge is 0.421 e. The Morgan fingerprint density at radius 1 is 0.886 bits per heavy atom. The molecule has 0 bridgehead atoms. The molecule has 2 aromatic carbocycles. The van der Waals surface area contributed by atoms with Crippen molar-refractivity contribution in [2.24, 2.45) is 5.41 Å². The Morgan fingerprint density at radius 2 is 1.40 bits per heavy atom. The molecule has 0 saturated heterocycles. The monoisotopic (exact) mass is 506 g/mol. The first kappa shape index (κ1) is 25.1. The predicted molar refractivity (Wildman–Crippen MR) is 124 cm³/mol. The van der Waals surface area contributed by atoms with Crippen molar-refractivity contribution < 1.29 is 31.2 Å². The van der Waals surface area contributed by atoms with Gasteiger partial charge in [-0.3, -0.25) is 14.5 Å². The third kappa shape index (κ3) is 4.08. The summed E-state index contributed by atoms with van der Waals surface area (Å²) in [6.07, 6.45) is -5.71. The molecule has 2 aliphatic rings. The number of nitrogens with one attached hydrogen (secondary N) is 1. The van der Waals surface area contributed by atoms with E-state index in [1.54, 1.807) is 44.5 Å². The number of nitrogens with zero attached hydrogens (tertiary/aromatic N) is 1. The van der Waals surface area contributed by atoms with Crippen molar-refractivity contribution in [3.8, 4) is 0 Å². The molecule has 1 atom stereocenters. The standard InChI is InChI=1S/C25H25F3N2O4S/c1-15-5-9-17(10-6-15)30-19-13-23(3,4)14-20(31)21(19)24(22(30)32,25(26,27)28)29-35(33,34)18-11-7-16(2)8-12-18/h5-12,29H,13-14H2,1-4H3/t24-/m1/s1. The lowest BCUT2D eigenvalue weighted by atomic mass is 9.72. The van der Waals surface area contributed by atoms with Crippen molar-refractivity contribution >= 4 is 27.4 Å². The molecule has 6 nitrogen and oxygen atoms in total. The number of sulfonamides is 1. The van der Waals surface area contributed by atoms with E-state index in [1.807, 2.05) is 0 Å². The first-order valence-corrected chi connectivity index (χ1v) is 12.4. The van der Waals surface area contributed by atoms with E-state index in [4.69, 9.17) is 0 Å². The highest BCUT2D eigenvalue weighted by atomic mass is 32.2. The van der Waals surface area contributed by atoms with Crippen molar-refractivity contribution in [3.05, 3.63) is 70.9 Å². The molecule has 1 heterocycles. The van der Waals surface area contributed by atoms with Gasteiger partial charge in [0.1, 0.15) is 0 Å². The molecule has 2 aromatic rings. The number of rotatable bonds is 4. The van der Waals surface area contributed by atoms with E-state index in [9.17, 15) is 31.2 Å². The van der Waals surface area contributed by atoms with Crippen LogP contribution in [0.15, 0.2) is 64.7 Å². The summed E-state index contributed by atoms with van der Waals surface area (Å²) >= 11 is 0. The van der Waals surface area contributed by atoms with E-state index >= 15 is 0 Å². The van der Waals surface area contributed by atoms with Crippen LogP contribution in [-0.4, -0.2) is 31.8 Å². The average Bonchev–Trinajstić information content (AvgIpc) is 2.96. The SMILES string of the molecule is Cc1ccc(N2C(=O)[C@@](NS(=O)(=O)c3ccc(C)cc3)(C(F)(F)F)C3=C2CC(C)(C)CC3=O)cc1. The molecule has 0 unspecified atom stereocenters. The van der Waals surface area contributed by atoms with Crippen LogP contribution in [0.25, 0.3) is 0 Å². The fourth-order valence-electron chi connectivity index (χ4n) is 4.66. The fraction of sp³-hybridized carbons (Fsp3) is 0.360. The van der Waals surface area contributed by atoms with Crippen LogP contribution in [0.4, 0.5) is 18.9 Å². The minimum absolute atomic E-state index is 0.0161. The van der Waals surface area contributed by atoms with Crippen LogP contribution in [0.3, 0.4) is 0 Å². The highest BCUT2D eigenvalue weighted by molar-refractivity contribution is 7.89. The third-order valence-electron chi connectivity index (χ3n) is 6.36. The van der Waals surface area contributed by atoms with Gasteiger partial charge in [-0.15, -0.1) is 0 Å². The number of hydrogen-bond acceptors (Lipinski definition) is 4.